The van der Waals surface area contributed by atoms with E-state index in [1.807, 2.05) is 0 Å². The van der Waals surface area contributed by atoms with Crippen molar-refractivity contribution in [3.8, 4) is 0 Å². The summed E-state index contributed by atoms with van der Waals surface area (Å²) < 4.78 is 53.0. The molecular weight excluding hydrogens is 286 g/mol. The summed E-state index contributed by atoms with van der Waals surface area (Å²) in [6, 6.07) is 7.34. The minimum absolute atomic E-state index is 0.0387. The summed E-state index contributed by atoms with van der Waals surface area (Å²) >= 11 is 0. The maximum atomic E-state index is 13.4. The highest BCUT2D eigenvalue weighted by atomic mass is 32.2. The van der Waals surface area contributed by atoms with Crippen LogP contribution in [0.2, 0.25) is 0 Å². The Balaban J connectivity index is 2.41. The molecule has 20 heavy (non-hydrogen) atoms. The second-order valence-electron chi connectivity index (χ2n) is 4.22. The molecule has 0 heterocycles. The number of benzene rings is 2. The average molecular weight is 298 g/mol. The molecule has 4 nitrogen and oxygen atoms in total. The lowest BCUT2D eigenvalue weighted by atomic mass is 10.2. The average Bonchev–Trinajstić information content (AvgIpc) is 2.36. The molecule has 0 aliphatic heterocycles. The van der Waals surface area contributed by atoms with Crippen molar-refractivity contribution in [1.29, 1.82) is 0 Å². The van der Waals surface area contributed by atoms with Crippen molar-refractivity contribution in [1.82, 2.24) is 0 Å². The lowest BCUT2D eigenvalue weighted by molar-refractivity contribution is 0.597. The first-order valence-corrected chi connectivity index (χ1v) is 7.12. The first-order valence-electron chi connectivity index (χ1n) is 5.64. The monoisotopic (exact) mass is 298 g/mol. The van der Waals surface area contributed by atoms with Crippen LogP contribution in [0.15, 0.2) is 41.3 Å². The van der Waals surface area contributed by atoms with E-state index in [0.717, 1.165) is 12.1 Å². The second-order valence-corrected chi connectivity index (χ2v) is 5.87. The molecule has 0 saturated heterocycles. The quantitative estimate of drug-likeness (QED) is 0.856. The Kier molecular flexibility index (Phi) is 3.63. The van der Waals surface area contributed by atoms with Gasteiger partial charge in [0.25, 0.3) is 10.0 Å². The van der Waals surface area contributed by atoms with Crippen molar-refractivity contribution in [3.63, 3.8) is 0 Å². The van der Waals surface area contributed by atoms with Crippen LogP contribution in [-0.4, -0.2) is 8.42 Å². The summed E-state index contributed by atoms with van der Waals surface area (Å²) in [6.07, 6.45) is 0. The molecule has 0 aromatic heterocycles. The molecule has 0 atom stereocenters. The summed E-state index contributed by atoms with van der Waals surface area (Å²) in [7, 11) is -4.08. The number of para-hydroxylation sites is 1. The van der Waals surface area contributed by atoms with Gasteiger partial charge in [-0.1, -0.05) is 12.1 Å². The highest BCUT2D eigenvalue weighted by Gasteiger charge is 2.19. The number of nitrogens with one attached hydrogen (secondary N) is 1. The lowest BCUT2D eigenvalue weighted by Crippen LogP contribution is -2.15. The molecule has 0 saturated carbocycles. The predicted octanol–water partition coefficient (Wildman–Crippen LogP) is 2.66. The van der Waals surface area contributed by atoms with E-state index in [2.05, 4.69) is 4.72 Å². The molecule has 106 valence electrons. The Labute approximate surface area is 115 Å². The first kappa shape index (κ1) is 14.3. The molecule has 2 aromatic rings. The van der Waals surface area contributed by atoms with Crippen LogP contribution in [0.3, 0.4) is 0 Å². The number of aryl methyl sites for hydroxylation is 1. The molecule has 0 spiro atoms. The number of hydrogen-bond donors (Lipinski definition) is 2. The van der Waals surface area contributed by atoms with Crippen LogP contribution >= 0.6 is 0 Å². The molecular formula is C13H12F2N2O2S. The summed E-state index contributed by atoms with van der Waals surface area (Å²) in [5, 5.41) is 0. The minimum atomic E-state index is -4.08. The zero-order valence-corrected chi connectivity index (χ0v) is 11.3. The van der Waals surface area contributed by atoms with Gasteiger partial charge in [-0.2, -0.15) is 0 Å². The fourth-order valence-corrected chi connectivity index (χ4v) is 2.81. The maximum Gasteiger partial charge on any atom is 0.264 e. The van der Waals surface area contributed by atoms with E-state index in [9.17, 15) is 17.2 Å². The highest BCUT2D eigenvalue weighted by Crippen LogP contribution is 2.24. The molecule has 0 radical (unpaired) electrons. The number of nitrogens with two attached hydrogens (primary N) is 1. The third-order valence-electron chi connectivity index (χ3n) is 2.73. The van der Waals surface area contributed by atoms with E-state index in [1.165, 1.54) is 24.3 Å². The van der Waals surface area contributed by atoms with Gasteiger partial charge in [-0.15, -0.1) is 0 Å². The predicted molar refractivity (Wildman–Crippen MR) is 72.8 cm³/mol. The van der Waals surface area contributed by atoms with E-state index in [1.54, 1.807) is 6.92 Å². The number of anilines is 2. The Bertz CT molecular complexity index is 761. The van der Waals surface area contributed by atoms with E-state index in [4.69, 9.17) is 5.73 Å². The molecule has 0 unspecified atom stereocenters. The molecule has 2 aromatic carbocycles. The highest BCUT2D eigenvalue weighted by molar-refractivity contribution is 7.92. The topological polar surface area (TPSA) is 72.2 Å². The van der Waals surface area contributed by atoms with Crippen LogP contribution in [0.1, 0.15) is 5.56 Å². The van der Waals surface area contributed by atoms with Crippen LogP contribution in [0, 0.1) is 18.6 Å². The number of nitrogen functional groups attached to an aromatic ring is 1. The van der Waals surface area contributed by atoms with Crippen molar-refractivity contribution >= 4 is 21.4 Å². The lowest BCUT2D eigenvalue weighted by Gasteiger charge is -2.11. The Morgan fingerprint density at radius 1 is 1.10 bits per heavy atom. The van der Waals surface area contributed by atoms with E-state index in [-0.39, 0.29) is 5.69 Å². The summed E-state index contributed by atoms with van der Waals surface area (Å²) in [5.41, 5.74) is 5.35. The SMILES string of the molecule is Cc1ccc(NS(=O)(=O)c2cccc(F)c2N)cc1F. The van der Waals surface area contributed by atoms with Gasteiger partial charge in [-0.25, -0.2) is 17.2 Å². The van der Waals surface area contributed by atoms with Crippen LogP contribution in [0.4, 0.5) is 20.2 Å². The van der Waals surface area contributed by atoms with E-state index in [0.29, 0.717) is 5.56 Å². The van der Waals surface area contributed by atoms with Crippen molar-refractivity contribution in [2.75, 3.05) is 10.5 Å². The van der Waals surface area contributed by atoms with Gasteiger partial charge >= 0.3 is 0 Å². The zero-order chi connectivity index (χ0) is 14.9. The Morgan fingerprint density at radius 2 is 1.80 bits per heavy atom. The first-order chi connectivity index (χ1) is 9.31. The second kappa shape index (κ2) is 5.09. The molecule has 2 rings (SSSR count). The molecule has 7 heteroatoms. The van der Waals surface area contributed by atoms with Gasteiger partial charge in [-0.05, 0) is 36.8 Å². The van der Waals surface area contributed by atoms with Crippen LogP contribution in [0.25, 0.3) is 0 Å². The Hall–Kier alpha value is -2.15. The van der Waals surface area contributed by atoms with Gasteiger partial charge in [0, 0.05) is 0 Å². The molecule has 0 aliphatic rings. The zero-order valence-electron chi connectivity index (χ0n) is 10.5. The normalized spacial score (nSPS) is 11.3. The number of sulfonamides is 1. The molecule has 0 aliphatic carbocycles. The molecule has 0 amide bonds. The Morgan fingerprint density at radius 3 is 2.45 bits per heavy atom. The minimum Gasteiger partial charge on any atom is -0.395 e. The van der Waals surface area contributed by atoms with Crippen molar-refractivity contribution in [2.45, 2.75) is 11.8 Å². The smallest absolute Gasteiger partial charge is 0.264 e. The van der Waals surface area contributed by atoms with Gasteiger partial charge < -0.3 is 5.73 Å². The maximum absolute atomic E-state index is 13.4. The third kappa shape index (κ3) is 2.72. The summed E-state index contributed by atoms with van der Waals surface area (Å²) in [4.78, 5) is -0.390. The van der Waals surface area contributed by atoms with Crippen molar-refractivity contribution < 1.29 is 17.2 Å². The molecule has 3 N–H and O–H groups in total. The number of hydrogen-bond acceptors (Lipinski definition) is 3. The molecule has 0 fully saturated rings. The number of rotatable bonds is 3. The van der Waals surface area contributed by atoms with E-state index >= 15 is 0 Å². The largest absolute Gasteiger partial charge is 0.395 e. The summed E-state index contributed by atoms with van der Waals surface area (Å²) in [6.45, 7) is 1.55. The standard InChI is InChI=1S/C13H12F2N2O2S/c1-8-5-6-9(7-11(8)15)17-20(18,19)12-4-2-3-10(14)13(12)16/h2-7,17H,16H2,1H3. The van der Waals surface area contributed by atoms with Crippen LogP contribution < -0.4 is 10.5 Å². The van der Waals surface area contributed by atoms with Gasteiger partial charge in [0.1, 0.15) is 16.5 Å². The van der Waals surface area contributed by atoms with Gasteiger partial charge in [-0.3, -0.25) is 4.72 Å². The molecule has 0 bridgehead atoms. The van der Waals surface area contributed by atoms with Crippen LogP contribution in [-0.2, 0) is 10.0 Å². The number of halogens is 2. The third-order valence-corrected chi connectivity index (χ3v) is 4.17. The van der Waals surface area contributed by atoms with Crippen molar-refractivity contribution in [2.24, 2.45) is 0 Å². The fourth-order valence-electron chi connectivity index (χ4n) is 1.62. The fraction of sp³-hybridized carbons (Fsp3) is 0.0769. The van der Waals surface area contributed by atoms with Crippen molar-refractivity contribution in [3.05, 3.63) is 53.6 Å². The van der Waals surface area contributed by atoms with Crippen LogP contribution in [0.5, 0.6) is 0 Å². The van der Waals surface area contributed by atoms with Gasteiger partial charge in [0.2, 0.25) is 0 Å². The summed E-state index contributed by atoms with van der Waals surface area (Å²) in [5.74, 6) is -1.37. The van der Waals surface area contributed by atoms with Gasteiger partial charge in [0.05, 0.1) is 11.4 Å². The van der Waals surface area contributed by atoms with E-state index < -0.39 is 32.2 Å². The van der Waals surface area contributed by atoms with Gasteiger partial charge in [0.15, 0.2) is 0 Å².